The first-order chi connectivity index (χ1) is 13.0. The maximum Gasteiger partial charge on any atom is 0.307 e. The van der Waals surface area contributed by atoms with Gasteiger partial charge in [-0.25, -0.2) is 8.42 Å². The third-order valence-corrected chi connectivity index (χ3v) is 6.22. The molecule has 0 spiro atoms. The minimum absolute atomic E-state index is 0.159. The number of hydrogen-bond acceptors (Lipinski definition) is 6. The summed E-state index contributed by atoms with van der Waals surface area (Å²) in [6.45, 7) is 0.0263. The van der Waals surface area contributed by atoms with Crippen molar-refractivity contribution in [3.8, 4) is 0 Å². The third-order valence-electron chi connectivity index (χ3n) is 3.48. The first-order valence-corrected chi connectivity index (χ1v) is 11.0. The number of carbonyl (C=O) groups is 2. The summed E-state index contributed by atoms with van der Waals surface area (Å²) in [6, 6.07) is 17.7. The Balaban J connectivity index is 1.61. The van der Waals surface area contributed by atoms with E-state index in [2.05, 4.69) is 5.32 Å². The lowest BCUT2D eigenvalue weighted by Crippen LogP contribution is -2.30. The van der Waals surface area contributed by atoms with Gasteiger partial charge in [0, 0.05) is 17.2 Å². The fourth-order valence-corrected chi connectivity index (χ4v) is 4.14. The number of amides is 1. The van der Waals surface area contributed by atoms with Crippen LogP contribution in [0.5, 0.6) is 0 Å². The molecule has 0 aromatic heterocycles. The van der Waals surface area contributed by atoms with Crippen LogP contribution in [0.15, 0.2) is 70.5 Å². The number of thioether (sulfide) groups is 1. The number of hydrogen-bond donors (Lipinski definition) is 1. The summed E-state index contributed by atoms with van der Waals surface area (Å²) in [5, 5.41) is 2.65. The number of esters is 1. The highest BCUT2D eigenvalue weighted by atomic mass is 32.2. The van der Waals surface area contributed by atoms with Crippen molar-refractivity contribution in [3.63, 3.8) is 0 Å². The zero-order chi connectivity index (χ0) is 19.5. The molecule has 0 aliphatic heterocycles. The van der Waals surface area contributed by atoms with Crippen molar-refractivity contribution in [1.29, 1.82) is 0 Å². The van der Waals surface area contributed by atoms with Crippen LogP contribution >= 0.6 is 11.8 Å². The average molecular weight is 408 g/mol. The Kier molecular flexibility index (Phi) is 8.35. The number of sulfone groups is 1. The lowest BCUT2D eigenvalue weighted by molar-refractivity contribution is -0.148. The van der Waals surface area contributed by atoms with Gasteiger partial charge in [-0.1, -0.05) is 36.4 Å². The van der Waals surface area contributed by atoms with Crippen molar-refractivity contribution in [2.24, 2.45) is 0 Å². The molecular formula is C19H21NO5S2. The van der Waals surface area contributed by atoms with Crippen LogP contribution in [-0.4, -0.2) is 45.0 Å². The molecule has 0 radical (unpaired) electrons. The van der Waals surface area contributed by atoms with Crippen molar-refractivity contribution >= 4 is 33.5 Å². The Labute approximate surface area is 163 Å². The molecule has 2 rings (SSSR count). The minimum Gasteiger partial charge on any atom is -0.456 e. The summed E-state index contributed by atoms with van der Waals surface area (Å²) in [5.41, 5.74) is 0. The predicted octanol–water partition coefficient (Wildman–Crippen LogP) is 2.30. The molecule has 0 unspecified atom stereocenters. The van der Waals surface area contributed by atoms with E-state index in [1.54, 1.807) is 30.0 Å². The summed E-state index contributed by atoms with van der Waals surface area (Å²) in [4.78, 5) is 24.6. The van der Waals surface area contributed by atoms with E-state index in [1.165, 1.54) is 12.1 Å². The van der Waals surface area contributed by atoms with Crippen LogP contribution in [0.1, 0.15) is 6.42 Å². The molecule has 0 saturated carbocycles. The zero-order valence-electron chi connectivity index (χ0n) is 14.7. The SMILES string of the molecule is O=C(COC(=O)CCS(=O)(=O)c1ccccc1)NCCSc1ccccc1. The van der Waals surface area contributed by atoms with Gasteiger partial charge >= 0.3 is 5.97 Å². The molecular weight excluding hydrogens is 386 g/mol. The maximum atomic E-state index is 12.1. The van der Waals surface area contributed by atoms with Crippen LogP contribution in [0, 0.1) is 0 Å². The van der Waals surface area contributed by atoms with Crippen LogP contribution in [0.2, 0.25) is 0 Å². The molecule has 8 heteroatoms. The normalized spacial score (nSPS) is 11.0. The Morgan fingerprint density at radius 3 is 2.26 bits per heavy atom. The van der Waals surface area contributed by atoms with Crippen LogP contribution < -0.4 is 5.32 Å². The van der Waals surface area contributed by atoms with Gasteiger partial charge in [0.2, 0.25) is 0 Å². The van der Waals surface area contributed by atoms with E-state index in [0.717, 1.165) is 4.90 Å². The number of nitrogens with one attached hydrogen (secondary N) is 1. The number of carbonyl (C=O) groups excluding carboxylic acids is 2. The summed E-state index contributed by atoms with van der Waals surface area (Å²) in [6.07, 6.45) is -0.297. The van der Waals surface area contributed by atoms with E-state index < -0.39 is 28.3 Å². The number of rotatable bonds is 10. The van der Waals surface area contributed by atoms with Crippen LogP contribution in [0.3, 0.4) is 0 Å². The Bertz CT molecular complexity index is 839. The highest BCUT2D eigenvalue weighted by Gasteiger charge is 2.17. The topological polar surface area (TPSA) is 89.5 Å². The number of ether oxygens (including phenoxy) is 1. The van der Waals surface area contributed by atoms with Crippen LogP contribution in [0.4, 0.5) is 0 Å². The van der Waals surface area contributed by atoms with Gasteiger partial charge in [-0.3, -0.25) is 9.59 Å². The number of benzene rings is 2. The summed E-state index contributed by atoms with van der Waals surface area (Å²) in [5.74, 6) is -0.796. The van der Waals surface area contributed by atoms with E-state index in [1.807, 2.05) is 30.3 Å². The van der Waals surface area contributed by atoms with Gasteiger partial charge in [0.05, 0.1) is 17.1 Å². The lowest BCUT2D eigenvalue weighted by atomic mass is 10.4. The minimum atomic E-state index is -3.54. The second-order valence-electron chi connectivity index (χ2n) is 5.55. The molecule has 144 valence electrons. The second-order valence-corrected chi connectivity index (χ2v) is 8.83. The van der Waals surface area contributed by atoms with E-state index in [0.29, 0.717) is 12.3 Å². The molecule has 2 aromatic rings. The Morgan fingerprint density at radius 1 is 0.963 bits per heavy atom. The van der Waals surface area contributed by atoms with Gasteiger partial charge in [0.1, 0.15) is 0 Å². The average Bonchev–Trinajstić information content (AvgIpc) is 2.69. The Hall–Kier alpha value is -2.32. The molecule has 0 aliphatic carbocycles. The smallest absolute Gasteiger partial charge is 0.307 e. The van der Waals surface area contributed by atoms with E-state index in [4.69, 9.17) is 4.74 Å². The molecule has 2 aromatic carbocycles. The van der Waals surface area contributed by atoms with Gasteiger partial charge < -0.3 is 10.1 Å². The first-order valence-electron chi connectivity index (χ1n) is 8.35. The first kappa shape index (κ1) is 21.0. The van der Waals surface area contributed by atoms with E-state index in [-0.39, 0.29) is 17.1 Å². The molecule has 0 fully saturated rings. The molecule has 1 amide bonds. The highest BCUT2D eigenvalue weighted by Crippen LogP contribution is 2.15. The third kappa shape index (κ3) is 7.84. The van der Waals surface area contributed by atoms with Crippen molar-refractivity contribution < 1.29 is 22.7 Å². The molecule has 6 nitrogen and oxygen atoms in total. The van der Waals surface area contributed by atoms with E-state index >= 15 is 0 Å². The van der Waals surface area contributed by atoms with Crippen LogP contribution in [-0.2, 0) is 24.2 Å². The highest BCUT2D eigenvalue weighted by molar-refractivity contribution is 7.99. The molecule has 0 saturated heterocycles. The summed E-state index contributed by atoms with van der Waals surface area (Å²) >= 11 is 1.61. The van der Waals surface area contributed by atoms with Gasteiger partial charge in [-0.05, 0) is 24.3 Å². The zero-order valence-corrected chi connectivity index (χ0v) is 16.3. The van der Waals surface area contributed by atoms with Crippen molar-refractivity contribution in [3.05, 3.63) is 60.7 Å². The van der Waals surface area contributed by atoms with Crippen molar-refractivity contribution in [1.82, 2.24) is 5.32 Å². The molecule has 0 heterocycles. The van der Waals surface area contributed by atoms with Gasteiger partial charge in [0.15, 0.2) is 16.4 Å². The van der Waals surface area contributed by atoms with Gasteiger partial charge in [-0.15, -0.1) is 11.8 Å². The van der Waals surface area contributed by atoms with Gasteiger partial charge in [-0.2, -0.15) is 0 Å². The largest absolute Gasteiger partial charge is 0.456 e. The van der Waals surface area contributed by atoms with Crippen LogP contribution in [0.25, 0.3) is 0 Å². The van der Waals surface area contributed by atoms with Crippen molar-refractivity contribution in [2.75, 3.05) is 24.7 Å². The maximum absolute atomic E-state index is 12.1. The molecule has 0 atom stereocenters. The van der Waals surface area contributed by atoms with E-state index in [9.17, 15) is 18.0 Å². The second kappa shape index (κ2) is 10.7. The monoisotopic (exact) mass is 407 g/mol. The van der Waals surface area contributed by atoms with Crippen molar-refractivity contribution in [2.45, 2.75) is 16.2 Å². The molecule has 0 aliphatic rings. The predicted molar refractivity (Wildman–Crippen MR) is 104 cm³/mol. The fourth-order valence-electron chi connectivity index (χ4n) is 2.11. The molecule has 0 bridgehead atoms. The van der Waals surface area contributed by atoms with Gasteiger partial charge in [0.25, 0.3) is 5.91 Å². The molecule has 1 N–H and O–H groups in total. The summed E-state index contributed by atoms with van der Waals surface area (Å²) < 4.78 is 29.0. The Morgan fingerprint density at radius 2 is 1.59 bits per heavy atom. The quantitative estimate of drug-likeness (QED) is 0.369. The summed E-state index contributed by atoms with van der Waals surface area (Å²) in [7, 11) is -3.54. The fraction of sp³-hybridized carbons (Fsp3) is 0.263. The lowest BCUT2D eigenvalue weighted by Gasteiger charge is -2.07. The molecule has 27 heavy (non-hydrogen) atoms. The standard InChI is InChI=1S/C19H21NO5S2/c21-18(20-12-13-26-16-7-3-1-4-8-16)15-25-19(22)11-14-27(23,24)17-9-5-2-6-10-17/h1-10H,11-15H2,(H,20,21).